The standard InChI is InChI=1S/C12H14N2O4/c15-9-3-4-10(16)13(9)7-1-2-8-14-11(17)5-6-12(14)18/h3-4H,1-2,5-8H2. The SMILES string of the molecule is O=C1C=CC(=O)N1CCCCN1C(=O)CCC1=O. The lowest BCUT2D eigenvalue weighted by Gasteiger charge is -2.16. The smallest absolute Gasteiger partial charge is 0.253 e. The molecule has 0 radical (unpaired) electrons. The molecule has 0 unspecified atom stereocenters. The van der Waals surface area contributed by atoms with Crippen molar-refractivity contribution in [2.24, 2.45) is 0 Å². The van der Waals surface area contributed by atoms with Crippen LogP contribution in [-0.4, -0.2) is 46.5 Å². The van der Waals surface area contributed by atoms with Crippen LogP contribution < -0.4 is 0 Å². The van der Waals surface area contributed by atoms with Crippen LogP contribution >= 0.6 is 0 Å². The molecule has 2 heterocycles. The largest absolute Gasteiger partial charge is 0.283 e. The maximum atomic E-state index is 11.3. The van der Waals surface area contributed by atoms with Crippen molar-refractivity contribution in [3.8, 4) is 0 Å². The van der Waals surface area contributed by atoms with Crippen molar-refractivity contribution in [1.29, 1.82) is 0 Å². The Balaban J connectivity index is 1.70. The monoisotopic (exact) mass is 250 g/mol. The molecule has 0 aromatic heterocycles. The average Bonchev–Trinajstić information content (AvgIpc) is 2.82. The van der Waals surface area contributed by atoms with Gasteiger partial charge in [-0.15, -0.1) is 0 Å². The van der Waals surface area contributed by atoms with Gasteiger partial charge in [0.15, 0.2) is 0 Å². The molecular formula is C12H14N2O4. The zero-order valence-corrected chi connectivity index (χ0v) is 9.92. The van der Waals surface area contributed by atoms with E-state index in [1.807, 2.05) is 0 Å². The van der Waals surface area contributed by atoms with Gasteiger partial charge in [0.25, 0.3) is 11.8 Å². The molecule has 6 nitrogen and oxygen atoms in total. The molecule has 6 heteroatoms. The van der Waals surface area contributed by atoms with E-state index in [-0.39, 0.29) is 23.6 Å². The van der Waals surface area contributed by atoms with Crippen LogP contribution in [0.4, 0.5) is 0 Å². The number of hydrogen-bond acceptors (Lipinski definition) is 4. The number of unbranched alkanes of at least 4 members (excludes halogenated alkanes) is 1. The number of carbonyl (C=O) groups is 4. The van der Waals surface area contributed by atoms with Crippen molar-refractivity contribution in [3.05, 3.63) is 12.2 Å². The molecule has 0 N–H and O–H groups in total. The van der Waals surface area contributed by atoms with Crippen LogP contribution in [0.5, 0.6) is 0 Å². The van der Waals surface area contributed by atoms with Crippen molar-refractivity contribution in [1.82, 2.24) is 9.80 Å². The first-order valence-corrected chi connectivity index (χ1v) is 5.96. The normalized spacial score (nSPS) is 19.6. The summed E-state index contributed by atoms with van der Waals surface area (Å²) in [7, 11) is 0. The Morgan fingerprint density at radius 2 is 1.22 bits per heavy atom. The van der Waals surface area contributed by atoms with Crippen LogP contribution in [0.1, 0.15) is 25.7 Å². The topological polar surface area (TPSA) is 74.8 Å². The summed E-state index contributed by atoms with van der Waals surface area (Å²) in [6.07, 6.45) is 4.29. The number of rotatable bonds is 5. The van der Waals surface area contributed by atoms with Gasteiger partial charge in [0, 0.05) is 38.1 Å². The summed E-state index contributed by atoms with van der Waals surface area (Å²) >= 11 is 0. The number of carbonyl (C=O) groups excluding carboxylic acids is 4. The van der Waals surface area contributed by atoms with Gasteiger partial charge >= 0.3 is 0 Å². The molecule has 1 fully saturated rings. The summed E-state index contributed by atoms with van der Waals surface area (Å²) in [5.41, 5.74) is 0. The minimum Gasteiger partial charge on any atom is -0.283 e. The molecule has 2 aliphatic rings. The van der Waals surface area contributed by atoms with Crippen LogP contribution in [0.2, 0.25) is 0 Å². The molecule has 0 saturated carbocycles. The highest BCUT2D eigenvalue weighted by Gasteiger charge is 2.28. The summed E-state index contributed by atoms with van der Waals surface area (Å²) in [6, 6.07) is 0. The molecule has 2 aliphatic heterocycles. The summed E-state index contributed by atoms with van der Waals surface area (Å²) in [5, 5.41) is 0. The molecule has 18 heavy (non-hydrogen) atoms. The quantitative estimate of drug-likeness (QED) is 0.502. The summed E-state index contributed by atoms with van der Waals surface area (Å²) in [5.74, 6) is -0.855. The van der Waals surface area contributed by atoms with Crippen molar-refractivity contribution in [3.63, 3.8) is 0 Å². The second kappa shape index (κ2) is 5.12. The van der Waals surface area contributed by atoms with Gasteiger partial charge in [0.2, 0.25) is 11.8 Å². The molecular weight excluding hydrogens is 236 g/mol. The van der Waals surface area contributed by atoms with E-state index in [9.17, 15) is 19.2 Å². The number of hydrogen-bond donors (Lipinski definition) is 0. The van der Waals surface area contributed by atoms with E-state index in [2.05, 4.69) is 0 Å². The van der Waals surface area contributed by atoms with E-state index in [4.69, 9.17) is 0 Å². The van der Waals surface area contributed by atoms with Crippen molar-refractivity contribution >= 4 is 23.6 Å². The highest BCUT2D eigenvalue weighted by Crippen LogP contribution is 2.13. The van der Waals surface area contributed by atoms with Crippen molar-refractivity contribution in [2.75, 3.05) is 13.1 Å². The van der Waals surface area contributed by atoms with Crippen LogP contribution in [0.3, 0.4) is 0 Å². The van der Waals surface area contributed by atoms with Crippen LogP contribution in [-0.2, 0) is 19.2 Å². The molecule has 0 bridgehead atoms. The van der Waals surface area contributed by atoms with Crippen LogP contribution in [0.15, 0.2) is 12.2 Å². The van der Waals surface area contributed by atoms with E-state index in [1.165, 1.54) is 17.1 Å². The highest BCUT2D eigenvalue weighted by molar-refractivity contribution is 6.12. The molecule has 0 atom stereocenters. The van der Waals surface area contributed by atoms with Crippen molar-refractivity contribution in [2.45, 2.75) is 25.7 Å². The van der Waals surface area contributed by atoms with Gasteiger partial charge < -0.3 is 0 Å². The number of imide groups is 2. The molecule has 2 rings (SSSR count). The molecule has 0 spiro atoms. The molecule has 96 valence electrons. The average molecular weight is 250 g/mol. The highest BCUT2D eigenvalue weighted by atomic mass is 16.2. The van der Waals surface area contributed by atoms with Gasteiger partial charge in [-0.05, 0) is 12.8 Å². The third-order valence-electron chi connectivity index (χ3n) is 3.07. The van der Waals surface area contributed by atoms with Crippen molar-refractivity contribution < 1.29 is 19.2 Å². The number of amides is 4. The van der Waals surface area contributed by atoms with Gasteiger partial charge in [-0.1, -0.05) is 0 Å². The fourth-order valence-electron chi connectivity index (χ4n) is 2.06. The zero-order chi connectivity index (χ0) is 13.1. The Morgan fingerprint density at radius 1 is 0.778 bits per heavy atom. The zero-order valence-electron chi connectivity index (χ0n) is 9.92. The van der Waals surface area contributed by atoms with Gasteiger partial charge in [-0.2, -0.15) is 0 Å². The summed E-state index contributed by atoms with van der Waals surface area (Å²) in [6.45, 7) is 0.711. The second-order valence-electron chi connectivity index (χ2n) is 4.31. The number of likely N-dealkylation sites (tertiary alicyclic amines) is 1. The lowest BCUT2D eigenvalue weighted by Crippen LogP contribution is -2.33. The summed E-state index contributed by atoms with van der Waals surface area (Å²) < 4.78 is 0. The molecule has 0 aliphatic carbocycles. The first-order valence-electron chi connectivity index (χ1n) is 5.96. The lowest BCUT2D eigenvalue weighted by atomic mass is 10.2. The first-order chi connectivity index (χ1) is 8.59. The predicted molar refractivity (Wildman–Crippen MR) is 61.0 cm³/mol. The van der Waals surface area contributed by atoms with Gasteiger partial charge in [-0.3, -0.25) is 29.0 Å². The Bertz CT molecular complexity index is 403. The molecule has 0 aromatic rings. The Morgan fingerprint density at radius 3 is 1.72 bits per heavy atom. The van der Waals surface area contributed by atoms with Crippen LogP contribution in [0.25, 0.3) is 0 Å². The van der Waals surface area contributed by atoms with Gasteiger partial charge in [0.05, 0.1) is 0 Å². The van der Waals surface area contributed by atoms with E-state index >= 15 is 0 Å². The van der Waals surface area contributed by atoms with E-state index in [0.29, 0.717) is 38.8 Å². The Labute approximate surface area is 104 Å². The van der Waals surface area contributed by atoms with E-state index < -0.39 is 0 Å². The minimum atomic E-state index is -0.298. The van der Waals surface area contributed by atoms with E-state index in [1.54, 1.807) is 0 Å². The minimum absolute atomic E-state index is 0.130. The fraction of sp³-hybridized carbons (Fsp3) is 0.500. The third kappa shape index (κ3) is 2.47. The van der Waals surface area contributed by atoms with Gasteiger partial charge in [-0.25, -0.2) is 0 Å². The first kappa shape index (κ1) is 12.5. The number of nitrogens with zero attached hydrogens (tertiary/aromatic N) is 2. The molecule has 1 saturated heterocycles. The summed E-state index contributed by atoms with van der Waals surface area (Å²) in [4.78, 5) is 47.5. The van der Waals surface area contributed by atoms with Crippen LogP contribution in [0, 0.1) is 0 Å². The third-order valence-corrected chi connectivity index (χ3v) is 3.07. The molecule has 0 aromatic carbocycles. The Hall–Kier alpha value is -1.98. The fourth-order valence-corrected chi connectivity index (χ4v) is 2.06. The second-order valence-corrected chi connectivity index (χ2v) is 4.31. The van der Waals surface area contributed by atoms with E-state index in [0.717, 1.165) is 4.90 Å². The molecule has 4 amide bonds. The Kier molecular flexibility index (Phi) is 3.55. The predicted octanol–water partition coefficient (Wildman–Crippen LogP) is -0.159. The van der Waals surface area contributed by atoms with Gasteiger partial charge in [0.1, 0.15) is 0 Å². The lowest BCUT2D eigenvalue weighted by molar-refractivity contribution is -0.140. The maximum Gasteiger partial charge on any atom is 0.253 e. The maximum absolute atomic E-state index is 11.3.